The molecular weight excluding hydrogens is 566 g/mol. The zero-order valence-corrected chi connectivity index (χ0v) is 24.0. The molecule has 1 amide bonds. The van der Waals surface area contributed by atoms with Gasteiger partial charge in [0.1, 0.15) is 5.52 Å². The second-order valence-electron chi connectivity index (χ2n) is 11.7. The average molecular weight is 597 g/mol. The monoisotopic (exact) mass is 595 g/mol. The number of benzene rings is 2. The van der Waals surface area contributed by atoms with Gasteiger partial charge >= 0.3 is 0 Å². The largest absolute Gasteiger partial charge is 0.493 e. The molecule has 4 aromatic rings. The quantitative estimate of drug-likeness (QED) is 0.183. The van der Waals surface area contributed by atoms with Gasteiger partial charge in [-0.1, -0.05) is 60.6 Å². The number of fused-ring (bicyclic) bond motifs is 4. The van der Waals surface area contributed by atoms with Gasteiger partial charge in [0.05, 0.1) is 17.9 Å². The molecule has 1 saturated carbocycles. The zero-order chi connectivity index (χ0) is 26.7. The van der Waals surface area contributed by atoms with Crippen molar-refractivity contribution in [3.05, 3.63) is 46.9 Å². The van der Waals surface area contributed by atoms with Crippen molar-refractivity contribution in [1.29, 1.82) is 0 Å². The van der Waals surface area contributed by atoms with Crippen LogP contribution in [0.5, 0.6) is 5.88 Å². The molecule has 1 aliphatic carbocycles. The second-order valence-corrected chi connectivity index (χ2v) is 13.5. The normalized spacial score (nSPS) is 23.2. The smallest absolute Gasteiger partial charge is 0.275 e. The Labute approximate surface area is 233 Å². The van der Waals surface area contributed by atoms with Gasteiger partial charge in [0.2, 0.25) is 5.88 Å². The highest BCUT2D eigenvalue weighted by atomic mass is 79.9. The number of aromatic nitrogens is 2. The number of likely N-dealkylation sites (tertiary alicyclic amines) is 1. The number of halogens is 1. The third-order valence-electron chi connectivity index (χ3n) is 7.67. The van der Waals surface area contributed by atoms with Gasteiger partial charge in [0.25, 0.3) is 11.1 Å². The van der Waals surface area contributed by atoms with Crippen LogP contribution >= 0.6 is 27.7 Å². The Kier molecular flexibility index (Phi) is 6.39. The van der Waals surface area contributed by atoms with Crippen molar-refractivity contribution in [3.8, 4) is 5.88 Å². The van der Waals surface area contributed by atoms with Crippen molar-refractivity contribution in [2.75, 3.05) is 12.3 Å². The van der Waals surface area contributed by atoms with Gasteiger partial charge in [0.15, 0.2) is 11.3 Å². The number of oxazole rings is 1. The molecule has 1 N–H and O–H groups in total. The number of carbonyl (C=O) groups is 1. The Hall–Kier alpha value is -2.69. The minimum Gasteiger partial charge on any atom is -0.493 e. The van der Waals surface area contributed by atoms with Gasteiger partial charge in [-0.05, 0) is 60.4 Å². The number of carbonyl (C=O) groups excluding carboxylic acids is 1. The standard InChI is InChI=1S/C28H30BrN5O3S/c1-27(2)11-18-12-28(3,14-27)15-33(18)16-34-21-9-8-17(29)10-19(21)24(25(34)36)32-31-23(35)13-38-26-30-20-6-4-5-7-22(20)37-26/h4-10,18,36H,11-16H2,1-3H3/t18-,28+/m1/s1. The Bertz CT molecular complexity index is 1540. The Balaban J connectivity index is 1.23. The van der Waals surface area contributed by atoms with E-state index in [1.54, 1.807) is 0 Å². The number of nitrogens with zero attached hydrogens (tertiary/aromatic N) is 5. The summed E-state index contributed by atoms with van der Waals surface area (Å²) in [6.07, 6.45) is 3.54. The minimum atomic E-state index is -0.434. The number of para-hydroxylation sites is 2. The lowest BCUT2D eigenvalue weighted by Gasteiger charge is -2.40. The first-order chi connectivity index (χ1) is 18.1. The summed E-state index contributed by atoms with van der Waals surface area (Å²) < 4.78 is 8.42. The first-order valence-electron chi connectivity index (χ1n) is 12.8. The molecule has 2 bridgehead atoms. The Morgan fingerprint density at radius 3 is 2.87 bits per heavy atom. The summed E-state index contributed by atoms with van der Waals surface area (Å²) in [6.45, 7) is 8.67. The van der Waals surface area contributed by atoms with E-state index >= 15 is 0 Å². The van der Waals surface area contributed by atoms with E-state index in [2.05, 4.69) is 56.8 Å². The molecule has 10 heteroatoms. The van der Waals surface area contributed by atoms with Crippen LogP contribution in [0, 0.1) is 10.8 Å². The average Bonchev–Trinajstić information content (AvgIpc) is 3.45. The van der Waals surface area contributed by atoms with E-state index < -0.39 is 5.91 Å². The molecule has 0 radical (unpaired) electrons. The molecule has 1 aliphatic heterocycles. The van der Waals surface area contributed by atoms with Crippen LogP contribution in [0.3, 0.4) is 0 Å². The number of aromatic hydroxyl groups is 1. The van der Waals surface area contributed by atoms with E-state index in [4.69, 9.17) is 4.42 Å². The van der Waals surface area contributed by atoms with Crippen LogP contribution in [0.25, 0.3) is 22.0 Å². The Morgan fingerprint density at radius 1 is 1.24 bits per heavy atom. The number of hydrogen-bond acceptors (Lipinski definition) is 7. The van der Waals surface area contributed by atoms with Crippen LogP contribution in [0.1, 0.15) is 40.0 Å². The van der Waals surface area contributed by atoms with Gasteiger partial charge in [-0.15, -0.1) is 10.2 Å². The molecule has 2 aromatic heterocycles. The lowest BCUT2D eigenvalue weighted by Crippen LogP contribution is -2.35. The molecule has 8 nitrogen and oxygen atoms in total. The van der Waals surface area contributed by atoms with Crippen LogP contribution in [0.2, 0.25) is 0 Å². The van der Waals surface area contributed by atoms with Crippen LogP contribution in [0.4, 0.5) is 5.69 Å². The molecular formula is C28H30BrN5O3S. The van der Waals surface area contributed by atoms with Gasteiger partial charge < -0.3 is 9.52 Å². The molecule has 198 valence electrons. The van der Waals surface area contributed by atoms with Crippen LogP contribution < -0.4 is 0 Å². The van der Waals surface area contributed by atoms with E-state index in [0.29, 0.717) is 34.6 Å². The van der Waals surface area contributed by atoms with Gasteiger partial charge in [0, 0.05) is 22.4 Å². The third-order valence-corrected chi connectivity index (χ3v) is 8.98. The van der Waals surface area contributed by atoms with Gasteiger partial charge in [-0.25, -0.2) is 4.98 Å². The fraction of sp³-hybridized carbons (Fsp3) is 0.429. The number of amides is 1. The van der Waals surface area contributed by atoms with E-state index in [0.717, 1.165) is 33.9 Å². The third kappa shape index (κ3) is 4.89. The maximum absolute atomic E-state index is 12.6. The molecule has 6 rings (SSSR count). The van der Waals surface area contributed by atoms with Crippen molar-refractivity contribution in [3.63, 3.8) is 0 Å². The summed E-state index contributed by atoms with van der Waals surface area (Å²) >= 11 is 4.70. The highest BCUT2D eigenvalue weighted by Crippen LogP contribution is 2.53. The van der Waals surface area contributed by atoms with E-state index in [1.807, 2.05) is 47.0 Å². The highest BCUT2D eigenvalue weighted by molar-refractivity contribution is 9.10. The SMILES string of the molecule is CC1(C)C[C@@H]2C[C@](C)(CN2Cn2c(O)c(N=NC(=O)CSc3nc4ccccc4o3)c3cc(Br)ccc32)C1. The molecule has 38 heavy (non-hydrogen) atoms. The van der Waals surface area contributed by atoms with Crippen molar-refractivity contribution in [1.82, 2.24) is 14.5 Å². The van der Waals surface area contributed by atoms with E-state index in [1.165, 1.54) is 24.6 Å². The van der Waals surface area contributed by atoms with E-state index in [-0.39, 0.29) is 17.0 Å². The maximum atomic E-state index is 12.6. The first kappa shape index (κ1) is 25.6. The number of azo groups is 1. The summed E-state index contributed by atoms with van der Waals surface area (Å²) in [4.78, 5) is 19.4. The molecule has 0 unspecified atom stereocenters. The summed E-state index contributed by atoms with van der Waals surface area (Å²) in [5.74, 6) is -0.383. The number of hydrogen-bond donors (Lipinski definition) is 1. The second kappa shape index (κ2) is 9.50. The molecule has 2 atom stereocenters. The predicted octanol–water partition coefficient (Wildman–Crippen LogP) is 7.51. The summed E-state index contributed by atoms with van der Waals surface area (Å²) in [5, 5.41) is 20.6. The van der Waals surface area contributed by atoms with Crippen molar-refractivity contribution in [2.24, 2.45) is 21.1 Å². The fourth-order valence-electron chi connectivity index (χ4n) is 6.63. The summed E-state index contributed by atoms with van der Waals surface area (Å²) in [7, 11) is 0. The maximum Gasteiger partial charge on any atom is 0.275 e. The molecule has 0 spiro atoms. The van der Waals surface area contributed by atoms with Crippen molar-refractivity contribution >= 4 is 61.3 Å². The number of thioether (sulfide) groups is 1. The van der Waals surface area contributed by atoms with Crippen LogP contribution in [-0.4, -0.2) is 43.8 Å². The molecule has 2 aliphatic rings. The molecule has 3 heterocycles. The van der Waals surface area contributed by atoms with Crippen molar-refractivity contribution in [2.45, 2.75) is 58.0 Å². The molecule has 2 aromatic carbocycles. The van der Waals surface area contributed by atoms with Crippen LogP contribution in [0.15, 0.2) is 66.8 Å². The summed E-state index contributed by atoms with van der Waals surface area (Å²) in [6, 6.07) is 13.8. The first-order valence-corrected chi connectivity index (χ1v) is 14.5. The Morgan fingerprint density at radius 2 is 2.05 bits per heavy atom. The topological polar surface area (TPSA) is 96.2 Å². The summed E-state index contributed by atoms with van der Waals surface area (Å²) in [5.41, 5.74) is 3.18. The van der Waals surface area contributed by atoms with Gasteiger partial charge in [-0.2, -0.15) is 0 Å². The lowest BCUT2D eigenvalue weighted by molar-refractivity contribution is -0.115. The van der Waals surface area contributed by atoms with Gasteiger partial charge in [-0.3, -0.25) is 14.3 Å². The minimum absolute atomic E-state index is 0.0205. The fourth-order valence-corrected chi connectivity index (χ4v) is 7.61. The molecule has 2 fully saturated rings. The van der Waals surface area contributed by atoms with E-state index in [9.17, 15) is 9.90 Å². The van der Waals surface area contributed by atoms with Crippen molar-refractivity contribution < 1.29 is 14.3 Å². The lowest BCUT2D eigenvalue weighted by atomic mass is 9.65. The predicted molar refractivity (Wildman–Crippen MR) is 152 cm³/mol. The molecule has 1 saturated heterocycles. The highest BCUT2D eigenvalue weighted by Gasteiger charge is 2.49. The van der Waals surface area contributed by atoms with Crippen LogP contribution in [-0.2, 0) is 11.5 Å². The zero-order valence-electron chi connectivity index (χ0n) is 21.6. The number of rotatable bonds is 6.